The molecule has 0 saturated carbocycles. The second kappa shape index (κ2) is 9.99. The normalized spacial score (nSPS) is 16.1. The van der Waals surface area contributed by atoms with E-state index in [2.05, 4.69) is 15.1 Å². The topological polar surface area (TPSA) is 95.7 Å². The molecule has 3 rings (SSSR count). The summed E-state index contributed by atoms with van der Waals surface area (Å²) in [5.41, 5.74) is 0.466. The number of rotatable bonds is 7. The van der Waals surface area contributed by atoms with Gasteiger partial charge in [-0.2, -0.15) is 13.2 Å². The number of alkyl halides is 3. The molecule has 1 amide bonds. The number of halogens is 3. The van der Waals surface area contributed by atoms with Crippen molar-refractivity contribution in [1.82, 2.24) is 9.80 Å². The zero-order valence-electron chi connectivity index (χ0n) is 17.3. The fourth-order valence-electron chi connectivity index (χ4n) is 3.49. The van der Waals surface area contributed by atoms with Crippen LogP contribution in [0.3, 0.4) is 0 Å². The molecule has 0 unspecified atom stereocenters. The van der Waals surface area contributed by atoms with Gasteiger partial charge in [-0.25, -0.2) is 13.6 Å². The van der Waals surface area contributed by atoms with Crippen LogP contribution in [-0.2, 0) is 27.5 Å². The third-order valence-corrected chi connectivity index (χ3v) is 6.18. The number of benzene rings is 2. The second-order valence-electron chi connectivity index (χ2n) is 7.68. The first-order valence-electron chi connectivity index (χ1n) is 10.0. The van der Waals surface area contributed by atoms with Crippen molar-refractivity contribution in [1.29, 1.82) is 0 Å². The molecule has 3 N–H and O–H groups in total. The van der Waals surface area contributed by atoms with Crippen LogP contribution in [0.25, 0.3) is 0 Å². The van der Waals surface area contributed by atoms with Gasteiger partial charge >= 0.3 is 6.18 Å². The minimum absolute atomic E-state index is 0.0292. The Morgan fingerprint density at radius 1 is 1.00 bits per heavy atom. The first-order chi connectivity index (χ1) is 15.0. The summed E-state index contributed by atoms with van der Waals surface area (Å²) in [6, 6.07) is 11.0. The maximum atomic E-state index is 12.9. The van der Waals surface area contributed by atoms with E-state index in [-0.39, 0.29) is 17.2 Å². The number of piperazine rings is 1. The highest BCUT2D eigenvalue weighted by Crippen LogP contribution is 2.29. The first kappa shape index (κ1) is 24.2. The lowest BCUT2D eigenvalue weighted by molar-refractivity contribution is -0.137. The quantitative estimate of drug-likeness (QED) is 0.648. The van der Waals surface area contributed by atoms with E-state index in [1.165, 1.54) is 36.4 Å². The van der Waals surface area contributed by atoms with Crippen molar-refractivity contribution in [3.63, 3.8) is 0 Å². The Bertz CT molecular complexity index is 1040. The molecule has 2 aromatic carbocycles. The van der Waals surface area contributed by atoms with E-state index >= 15 is 0 Å². The Balaban J connectivity index is 1.41. The lowest BCUT2D eigenvalue weighted by Gasteiger charge is -2.34. The van der Waals surface area contributed by atoms with E-state index in [0.29, 0.717) is 37.4 Å². The molecule has 174 valence electrons. The number of amides is 1. The maximum absolute atomic E-state index is 12.9. The van der Waals surface area contributed by atoms with E-state index in [9.17, 15) is 26.4 Å². The van der Waals surface area contributed by atoms with E-state index in [4.69, 9.17) is 5.14 Å². The lowest BCUT2D eigenvalue weighted by atomic mass is 10.1. The highest BCUT2D eigenvalue weighted by molar-refractivity contribution is 7.89. The number of hydrogen-bond acceptors (Lipinski definition) is 5. The molecule has 7 nitrogen and oxygen atoms in total. The monoisotopic (exact) mass is 470 g/mol. The van der Waals surface area contributed by atoms with Gasteiger partial charge in [0.1, 0.15) is 0 Å². The van der Waals surface area contributed by atoms with E-state index in [0.717, 1.165) is 19.2 Å². The van der Waals surface area contributed by atoms with Gasteiger partial charge in [0.05, 0.1) is 10.5 Å². The Hall–Kier alpha value is -2.47. The number of nitrogens with zero attached hydrogens (tertiary/aromatic N) is 2. The van der Waals surface area contributed by atoms with Crippen molar-refractivity contribution in [2.75, 3.05) is 38.0 Å². The molecule has 1 saturated heterocycles. The molecule has 2 aromatic rings. The first-order valence-corrected chi connectivity index (χ1v) is 11.6. The van der Waals surface area contributed by atoms with Crippen molar-refractivity contribution in [2.45, 2.75) is 24.0 Å². The minimum atomic E-state index is -4.35. The number of carbonyl (C=O) groups is 1. The molecule has 0 radical (unpaired) electrons. The number of carbonyl (C=O) groups excluding carboxylic acids is 1. The molecule has 0 aromatic heterocycles. The zero-order valence-corrected chi connectivity index (χ0v) is 18.1. The average molecular weight is 471 g/mol. The molecular weight excluding hydrogens is 445 g/mol. The Labute approximate surface area is 185 Å². The highest BCUT2D eigenvalue weighted by atomic mass is 32.2. The molecule has 0 aliphatic carbocycles. The number of hydrogen-bond donors (Lipinski definition) is 2. The largest absolute Gasteiger partial charge is 0.416 e. The van der Waals surface area contributed by atoms with Gasteiger partial charge in [0.2, 0.25) is 15.9 Å². The molecule has 0 bridgehead atoms. The molecule has 1 aliphatic heterocycles. The number of primary sulfonamides is 1. The number of nitrogens with two attached hydrogens (primary N) is 1. The van der Waals surface area contributed by atoms with Crippen molar-refractivity contribution in [3.05, 3.63) is 59.7 Å². The third kappa shape index (κ3) is 7.02. The summed E-state index contributed by atoms with van der Waals surface area (Å²) in [5.74, 6) is -0.195. The number of anilines is 1. The van der Waals surface area contributed by atoms with Gasteiger partial charge in [-0.15, -0.1) is 0 Å². The van der Waals surface area contributed by atoms with Crippen molar-refractivity contribution < 1.29 is 26.4 Å². The third-order valence-electron chi connectivity index (χ3n) is 5.25. The molecule has 1 fully saturated rings. The van der Waals surface area contributed by atoms with Crippen molar-refractivity contribution in [3.8, 4) is 0 Å². The van der Waals surface area contributed by atoms with Gasteiger partial charge in [-0.05, 0) is 35.9 Å². The number of nitrogens with one attached hydrogen (secondary N) is 1. The Morgan fingerprint density at radius 3 is 2.22 bits per heavy atom. The number of sulfonamides is 1. The fourth-order valence-corrected chi connectivity index (χ4v) is 4.00. The van der Waals surface area contributed by atoms with E-state index in [1.807, 2.05) is 0 Å². The molecule has 1 aliphatic rings. The summed E-state index contributed by atoms with van der Waals surface area (Å²) < 4.78 is 61.1. The van der Waals surface area contributed by atoms with E-state index < -0.39 is 21.8 Å². The molecule has 0 atom stereocenters. The summed E-state index contributed by atoms with van der Waals surface area (Å²) in [5, 5.41) is 7.76. The van der Waals surface area contributed by atoms with E-state index in [1.54, 1.807) is 6.07 Å². The van der Waals surface area contributed by atoms with Crippen LogP contribution in [0.4, 0.5) is 18.9 Å². The van der Waals surface area contributed by atoms with Gasteiger partial charge in [0.25, 0.3) is 0 Å². The van der Waals surface area contributed by atoms with Crippen molar-refractivity contribution in [2.24, 2.45) is 5.14 Å². The molecule has 1 heterocycles. The summed E-state index contributed by atoms with van der Waals surface area (Å²) in [4.78, 5) is 16.4. The SMILES string of the molecule is NS(=O)(=O)c1ccc(NC(=O)CCN2CCN(Cc3cccc(C(F)(F)F)c3)CC2)cc1. The summed E-state index contributed by atoms with van der Waals surface area (Å²) >= 11 is 0. The minimum Gasteiger partial charge on any atom is -0.326 e. The second-order valence-corrected chi connectivity index (χ2v) is 9.24. The van der Waals surface area contributed by atoms with Crippen molar-refractivity contribution >= 4 is 21.6 Å². The molecule has 32 heavy (non-hydrogen) atoms. The van der Waals surface area contributed by atoms with Gasteiger partial charge in [0, 0.05) is 51.4 Å². The van der Waals surface area contributed by atoms with Crippen LogP contribution in [0, 0.1) is 0 Å². The summed E-state index contributed by atoms with van der Waals surface area (Å²) in [6.45, 7) is 3.84. The predicted octanol–water partition coefficient (Wildman–Crippen LogP) is 2.50. The van der Waals surface area contributed by atoms with Crippen LogP contribution in [0.2, 0.25) is 0 Å². The molecular formula is C21H25F3N4O3S. The fraction of sp³-hybridized carbons (Fsp3) is 0.381. The van der Waals surface area contributed by atoms with Gasteiger partial charge < -0.3 is 10.2 Å². The Kier molecular flexibility index (Phi) is 7.55. The summed E-state index contributed by atoms with van der Waals surface area (Å²) in [7, 11) is -3.78. The molecule has 0 spiro atoms. The van der Waals surface area contributed by atoms with Crippen LogP contribution in [-0.4, -0.2) is 56.8 Å². The highest BCUT2D eigenvalue weighted by Gasteiger charge is 2.30. The predicted molar refractivity (Wildman–Crippen MR) is 114 cm³/mol. The summed E-state index contributed by atoms with van der Waals surface area (Å²) in [6.07, 6.45) is -4.08. The van der Waals surface area contributed by atoms with Crippen LogP contribution < -0.4 is 10.5 Å². The van der Waals surface area contributed by atoms with Crippen LogP contribution in [0.5, 0.6) is 0 Å². The lowest BCUT2D eigenvalue weighted by Crippen LogP contribution is -2.46. The van der Waals surface area contributed by atoms with Crippen LogP contribution in [0.15, 0.2) is 53.4 Å². The van der Waals surface area contributed by atoms with Gasteiger partial charge in [0.15, 0.2) is 0 Å². The maximum Gasteiger partial charge on any atom is 0.416 e. The van der Waals surface area contributed by atoms with Crippen LogP contribution >= 0.6 is 0 Å². The van der Waals surface area contributed by atoms with Crippen LogP contribution in [0.1, 0.15) is 17.5 Å². The van der Waals surface area contributed by atoms with Gasteiger partial charge in [-0.1, -0.05) is 18.2 Å². The molecule has 11 heteroatoms. The standard InChI is InChI=1S/C21H25F3N4O3S/c22-21(23,24)17-3-1-2-16(14-17)15-28-12-10-27(11-13-28)9-8-20(29)26-18-4-6-19(7-5-18)32(25,30)31/h1-7,14H,8-13,15H2,(H,26,29)(H2,25,30,31). The average Bonchev–Trinajstić information content (AvgIpc) is 2.73. The smallest absolute Gasteiger partial charge is 0.326 e. The zero-order chi connectivity index (χ0) is 23.4. The Morgan fingerprint density at radius 2 is 1.62 bits per heavy atom. The van der Waals surface area contributed by atoms with Gasteiger partial charge in [-0.3, -0.25) is 9.69 Å².